The first-order chi connectivity index (χ1) is 13.1. The van der Waals surface area contributed by atoms with Crippen LogP contribution >= 0.6 is 11.8 Å². The van der Waals surface area contributed by atoms with E-state index in [9.17, 15) is 4.79 Å². The summed E-state index contributed by atoms with van der Waals surface area (Å²) >= 11 is 1.60. The summed E-state index contributed by atoms with van der Waals surface area (Å²) in [7, 11) is 0. The molecule has 0 bridgehead atoms. The number of carbonyl (C=O) groups is 1. The van der Waals surface area contributed by atoms with Crippen LogP contribution in [0.5, 0.6) is 0 Å². The zero-order valence-electron chi connectivity index (χ0n) is 16.2. The van der Waals surface area contributed by atoms with Gasteiger partial charge in [0.15, 0.2) is 0 Å². The molecule has 2 aromatic carbocycles. The lowest BCUT2D eigenvalue weighted by Crippen LogP contribution is -3.14. The molecule has 5 heteroatoms. The van der Waals surface area contributed by atoms with E-state index in [0.717, 1.165) is 37.7 Å². The van der Waals surface area contributed by atoms with E-state index in [4.69, 9.17) is 4.74 Å². The molecule has 2 aromatic rings. The van der Waals surface area contributed by atoms with Gasteiger partial charge in [-0.25, -0.2) is 0 Å². The molecule has 1 saturated heterocycles. The highest BCUT2D eigenvalue weighted by Gasteiger charge is 2.22. The number of thioether (sulfide) groups is 1. The Balaban J connectivity index is 1.60. The van der Waals surface area contributed by atoms with Gasteiger partial charge < -0.3 is 15.0 Å². The minimum atomic E-state index is 0.0344. The fraction of sp³-hybridized carbons (Fsp3) is 0.409. The van der Waals surface area contributed by atoms with E-state index in [1.807, 2.05) is 18.2 Å². The Bertz CT molecular complexity index is 745. The maximum Gasteiger partial charge on any atom is 0.231 e. The molecule has 0 unspecified atom stereocenters. The lowest BCUT2D eigenvalue weighted by Gasteiger charge is -2.28. The molecule has 1 aliphatic rings. The summed E-state index contributed by atoms with van der Waals surface area (Å²) in [5, 5.41) is 3.26. The van der Waals surface area contributed by atoms with E-state index in [-0.39, 0.29) is 11.9 Å². The maximum atomic E-state index is 12.6. The third-order valence-electron chi connectivity index (χ3n) is 5.08. The van der Waals surface area contributed by atoms with Crippen molar-refractivity contribution in [3.05, 3.63) is 65.2 Å². The number of hydrogen-bond acceptors (Lipinski definition) is 3. The second-order valence-electron chi connectivity index (χ2n) is 7.13. The van der Waals surface area contributed by atoms with Crippen molar-refractivity contribution in [2.75, 3.05) is 38.6 Å². The lowest BCUT2D eigenvalue weighted by molar-refractivity contribution is -0.909. The van der Waals surface area contributed by atoms with Crippen LogP contribution in [-0.2, 0) is 9.53 Å². The van der Waals surface area contributed by atoms with E-state index in [1.165, 1.54) is 21.6 Å². The Kier molecular flexibility index (Phi) is 7.33. The van der Waals surface area contributed by atoms with Crippen molar-refractivity contribution in [3.8, 4) is 0 Å². The molecule has 27 heavy (non-hydrogen) atoms. The van der Waals surface area contributed by atoms with Crippen molar-refractivity contribution >= 4 is 17.7 Å². The molecule has 144 valence electrons. The van der Waals surface area contributed by atoms with Crippen LogP contribution in [0, 0.1) is 13.8 Å². The summed E-state index contributed by atoms with van der Waals surface area (Å²) in [6.45, 7) is 8.70. The van der Waals surface area contributed by atoms with Crippen LogP contribution in [0.1, 0.15) is 22.7 Å². The van der Waals surface area contributed by atoms with Crippen LogP contribution in [-0.4, -0.2) is 44.5 Å². The van der Waals surface area contributed by atoms with Crippen molar-refractivity contribution in [2.45, 2.75) is 24.8 Å². The molecular weight excluding hydrogens is 356 g/mol. The van der Waals surface area contributed by atoms with Crippen LogP contribution < -0.4 is 10.2 Å². The van der Waals surface area contributed by atoms with Gasteiger partial charge in [0, 0.05) is 4.90 Å². The summed E-state index contributed by atoms with van der Waals surface area (Å²) in [6, 6.07) is 16.7. The van der Waals surface area contributed by atoms with Gasteiger partial charge in [-0.15, -0.1) is 11.8 Å². The Morgan fingerprint density at radius 3 is 2.56 bits per heavy atom. The molecule has 0 spiro atoms. The number of hydrogen-bond donors (Lipinski definition) is 2. The minimum Gasteiger partial charge on any atom is -0.370 e. The van der Waals surface area contributed by atoms with E-state index in [1.54, 1.807) is 11.8 Å². The average molecular weight is 386 g/mol. The normalized spacial score (nSPS) is 16.1. The number of quaternary nitrogens is 1. The summed E-state index contributed by atoms with van der Waals surface area (Å²) in [5.74, 6) is 0.518. The summed E-state index contributed by atoms with van der Waals surface area (Å²) < 4.78 is 5.46. The summed E-state index contributed by atoms with van der Waals surface area (Å²) in [6.07, 6.45) is 0. The molecule has 2 N–H and O–H groups in total. The monoisotopic (exact) mass is 385 g/mol. The van der Waals surface area contributed by atoms with Gasteiger partial charge in [0.25, 0.3) is 0 Å². The predicted octanol–water partition coefficient (Wildman–Crippen LogP) is 2.17. The Labute approximate surface area is 166 Å². The number of ether oxygens (including phenoxy) is 1. The highest BCUT2D eigenvalue weighted by Crippen LogP contribution is 2.21. The number of nitrogens with one attached hydrogen (secondary N) is 2. The van der Waals surface area contributed by atoms with Crippen LogP contribution in [0.15, 0.2) is 53.4 Å². The molecular formula is C22H29N2O2S+. The largest absolute Gasteiger partial charge is 0.370 e. The van der Waals surface area contributed by atoms with Crippen LogP contribution in [0.25, 0.3) is 0 Å². The second-order valence-corrected chi connectivity index (χ2v) is 8.18. The first kappa shape index (κ1) is 19.9. The van der Waals surface area contributed by atoms with Gasteiger partial charge in [-0.1, -0.05) is 36.4 Å². The summed E-state index contributed by atoms with van der Waals surface area (Å²) in [5.41, 5.74) is 3.71. The Morgan fingerprint density at radius 1 is 1.11 bits per heavy atom. The van der Waals surface area contributed by atoms with Gasteiger partial charge in [-0.2, -0.15) is 0 Å². The van der Waals surface area contributed by atoms with E-state index in [2.05, 4.69) is 49.5 Å². The molecule has 1 heterocycles. The number of amides is 1. The van der Waals surface area contributed by atoms with E-state index in [0.29, 0.717) is 5.75 Å². The molecule has 0 aliphatic carbocycles. The summed E-state index contributed by atoms with van der Waals surface area (Å²) in [4.78, 5) is 15.3. The lowest BCUT2D eigenvalue weighted by atomic mass is 10.1. The number of aryl methyl sites for hydroxylation is 2. The van der Waals surface area contributed by atoms with Gasteiger partial charge in [-0.05, 0) is 42.7 Å². The van der Waals surface area contributed by atoms with Crippen LogP contribution in [0.2, 0.25) is 0 Å². The van der Waals surface area contributed by atoms with Crippen LogP contribution in [0.3, 0.4) is 0 Å². The predicted molar refractivity (Wildman–Crippen MR) is 110 cm³/mol. The van der Waals surface area contributed by atoms with Crippen molar-refractivity contribution < 1.29 is 14.4 Å². The topological polar surface area (TPSA) is 42.8 Å². The number of benzene rings is 2. The second kappa shape index (κ2) is 9.93. The zero-order valence-corrected chi connectivity index (χ0v) is 17.0. The molecule has 0 aromatic heterocycles. The van der Waals surface area contributed by atoms with Crippen molar-refractivity contribution in [3.63, 3.8) is 0 Å². The fourth-order valence-electron chi connectivity index (χ4n) is 3.28. The minimum absolute atomic E-state index is 0.0344. The maximum absolute atomic E-state index is 12.6. The third-order valence-corrected chi connectivity index (χ3v) is 6.07. The SMILES string of the molecule is Cc1ccc(SCC(=O)N[C@H](C[NH+]2CCOCC2)c2ccccc2)cc1C. The van der Waals surface area contributed by atoms with Crippen molar-refractivity contribution in [2.24, 2.45) is 0 Å². The Morgan fingerprint density at radius 2 is 1.85 bits per heavy atom. The average Bonchev–Trinajstić information content (AvgIpc) is 2.70. The molecule has 1 aliphatic heterocycles. The first-order valence-electron chi connectivity index (χ1n) is 9.57. The Hall–Kier alpha value is -1.82. The van der Waals surface area contributed by atoms with Gasteiger partial charge in [0.2, 0.25) is 5.91 Å². The highest BCUT2D eigenvalue weighted by molar-refractivity contribution is 8.00. The molecule has 0 radical (unpaired) electrons. The third kappa shape index (κ3) is 6.09. The highest BCUT2D eigenvalue weighted by atomic mass is 32.2. The van der Waals surface area contributed by atoms with Gasteiger partial charge >= 0.3 is 0 Å². The molecule has 0 saturated carbocycles. The molecule has 4 nitrogen and oxygen atoms in total. The number of rotatable bonds is 7. The smallest absolute Gasteiger partial charge is 0.231 e. The number of morpholine rings is 1. The quantitative estimate of drug-likeness (QED) is 0.718. The fourth-order valence-corrected chi connectivity index (χ4v) is 4.08. The standard InChI is InChI=1S/C22H28N2O2S/c1-17-8-9-20(14-18(17)2)27-16-22(25)23-21(19-6-4-3-5-7-19)15-24-10-12-26-13-11-24/h3-9,14,21H,10-13,15-16H2,1-2H3,(H,23,25)/p+1/t21-/m1/s1. The van der Waals surface area contributed by atoms with E-state index >= 15 is 0 Å². The van der Waals surface area contributed by atoms with Gasteiger partial charge in [-0.3, -0.25) is 4.79 Å². The molecule has 1 fully saturated rings. The first-order valence-corrected chi connectivity index (χ1v) is 10.6. The van der Waals surface area contributed by atoms with E-state index < -0.39 is 0 Å². The molecule has 3 rings (SSSR count). The van der Waals surface area contributed by atoms with Crippen molar-refractivity contribution in [1.82, 2.24) is 5.32 Å². The molecule has 1 atom stereocenters. The van der Waals surface area contributed by atoms with Crippen LogP contribution in [0.4, 0.5) is 0 Å². The van der Waals surface area contributed by atoms with Gasteiger partial charge in [0.1, 0.15) is 25.7 Å². The number of carbonyl (C=O) groups excluding carboxylic acids is 1. The van der Waals surface area contributed by atoms with Gasteiger partial charge in [0.05, 0.1) is 19.0 Å². The molecule has 1 amide bonds. The zero-order chi connectivity index (χ0) is 19.1. The van der Waals surface area contributed by atoms with Crippen molar-refractivity contribution in [1.29, 1.82) is 0 Å².